The van der Waals surface area contributed by atoms with Gasteiger partial charge in [-0.1, -0.05) is 0 Å². The van der Waals surface area contributed by atoms with Gasteiger partial charge >= 0.3 is 71.6 Å². The number of hydrogen-bond acceptors (Lipinski definition) is 0. The molecule has 0 spiro atoms. The van der Waals surface area contributed by atoms with E-state index in [-0.39, 0.29) is 15.7 Å². The summed E-state index contributed by atoms with van der Waals surface area (Å²) in [5.74, 6) is 0. The minimum absolute atomic E-state index is 0.205. The van der Waals surface area contributed by atoms with Crippen LogP contribution >= 0.6 is 9.69 Å². The Bertz CT molecular complexity index is 247. The molecule has 0 bridgehead atoms. The molecule has 10 heavy (non-hydrogen) atoms. The first kappa shape index (κ1) is 7.89. The molecular formula is C8H6ClRu. The van der Waals surface area contributed by atoms with Crippen molar-refractivity contribution in [3.05, 3.63) is 35.9 Å². The van der Waals surface area contributed by atoms with Crippen LogP contribution in [0.3, 0.4) is 0 Å². The third-order valence-corrected chi connectivity index (χ3v) is 1.95. The van der Waals surface area contributed by atoms with Gasteiger partial charge in [-0.2, -0.15) is 0 Å². The van der Waals surface area contributed by atoms with E-state index in [1.807, 2.05) is 36.4 Å². The summed E-state index contributed by atoms with van der Waals surface area (Å²) in [6.45, 7) is 0. The Morgan fingerprint density at radius 1 is 1.30 bits per heavy atom. The molecule has 0 nitrogen and oxygen atoms in total. The van der Waals surface area contributed by atoms with E-state index in [9.17, 15) is 0 Å². The fourth-order valence-corrected chi connectivity index (χ4v) is 1.24. The molecule has 0 unspecified atom stereocenters. The van der Waals surface area contributed by atoms with E-state index in [1.165, 1.54) is 0 Å². The molecule has 1 aromatic carbocycles. The van der Waals surface area contributed by atoms with Crippen LogP contribution in [0.4, 0.5) is 0 Å². The molecule has 0 aliphatic heterocycles. The van der Waals surface area contributed by atoms with Crippen LogP contribution in [0.25, 0.3) is 6.08 Å². The summed E-state index contributed by atoms with van der Waals surface area (Å²) >= 11 is -0.205. The normalized spacial score (nSPS) is 8.50. The molecule has 1 rings (SSSR count). The minimum atomic E-state index is -0.205. The molecule has 0 aromatic heterocycles. The Kier molecular flexibility index (Phi) is 3.61. The van der Waals surface area contributed by atoms with Gasteiger partial charge in [-0.25, -0.2) is 0 Å². The third-order valence-electron chi connectivity index (χ3n) is 1.06. The number of hydrogen-bond donors (Lipinski definition) is 0. The van der Waals surface area contributed by atoms with Gasteiger partial charge in [-0.05, 0) is 0 Å². The van der Waals surface area contributed by atoms with Gasteiger partial charge in [0.25, 0.3) is 0 Å². The van der Waals surface area contributed by atoms with Gasteiger partial charge in [0.1, 0.15) is 0 Å². The van der Waals surface area contributed by atoms with Gasteiger partial charge in [0.05, 0.1) is 0 Å². The summed E-state index contributed by atoms with van der Waals surface area (Å²) < 4.78 is 2.99. The van der Waals surface area contributed by atoms with Gasteiger partial charge in [-0.15, -0.1) is 0 Å². The van der Waals surface area contributed by atoms with Crippen molar-refractivity contribution in [2.45, 2.75) is 0 Å². The number of benzene rings is 1. The zero-order valence-electron chi connectivity index (χ0n) is 5.20. The summed E-state index contributed by atoms with van der Waals surface area (Å²) in [4.78, 5) is 0. The molecule has 0 aliphatic carbocycles. The predicted octanol–water partition coefficient (Wildman–Crippen LogP) is 2.34. The first-order chi connectivity index (χ1) is 4.93. The monoisotopic (exact) mass is 239 g/mol. The third kappa shape index (κ3) is 2.58. The molecule has 0 fully saturated rings. The van der Waals surface area contributed by atoms with E-state index in [0.717, 1.165) is 5.56 Å². The summed E-state index contributed by atoms with van der Waals surface area (Å²) in [6.07, 6.45) is 1.92. The van der Waals surface area contributed by atoms with Crippen molar-refractivity contribution >= 4 is 20.0 Å². The Labute approximate surface area is 71.7 Å². The molecule has 0 saturated carbocycles. The second kappa shape index (κ2) is 4.58. The van der Waals surface area contributed by atoms with Crippen molar-refractivity contribution in [2.75, 3.05) is 0 Å². The fourth-order valence-electron chi connectivity index (χ4n) is 0.627. The van der Waals surface area contributed by atoms with Gasteiger partial charge in [0.2, 0.25) is 0 Å². The van der Waals surface area contributed by atoms with Gasteiger partial charge in [-0.3, -0.25) is 0 Å². The van der Waals surface area contributed by atoms with Gasteiger partial charge < -0.3 is 0 Å². The average molecular weight is 239 g/mol. The molecule has 0 atom stereocenters. The fraction of sp³-hybridized carbons (Fsp3) is 0. The summed E-state index contributed by atoms with van der Waals surface area (Å²) in [5, 5.41) is 0. The zero-order valence-corrected chi connectivity index (χ0v) is 7.69. The van der Waals surface area contributed by atoms with Crippen LogP contribution in [0.5, 0.6) is 0 Å². The second-order valence-corrected chi connectivity index (χ2v) is 3.34. The maximum absolute atomic E-state index is 5.50. The molecule has 0 saturated heterocycles. The average Bonchev–Trinajstić information content (AvgIpc) is 2.03. The van der Waals surface area contributed by atoms with E-state index in [1.54, 1.807) is 0 Å². The van der Waals surface area contributed by atoms with E-state index in [2.05, 4.69) is 4.26 Å². The number of rotatable bonds is 1. The van der Waals surface area contributed by atoms with E-state index >= 15 is 0 Å². The van der Waals surface area contributed by atoms with Crippen molar-refractivity contribution < 1.29 is 15.7 Å². The first-order valence-electron chi connectivity index (χ1n) is 2.80. The van der Waals surface area contributed by atoms with Crippen molar-refractivity contribution in [1.82, 2.24) is 0 Å². The van der Waals surface area contributed by atoms with Crippen LogP contribution in [-0.4, -0.2) is 4.26 Å². The van der Waals surface area contributed by atoms with E-state index in [4.69, 9.17) is 9.69 Å². The Morgan fingerprint density at radius 2 is 2.00 bits per heavy atom. The molecule has 0 radical (unpaired) electrons. The molecule has 0 aliphatic rings. The summed E-state index contributed by atoms with van der Waals surface area (Å²) in [7, 11) is 5.50. The van der Waals surface area contributed by atoms with E-state index in [0.29, 0.717) is 0 Å². The molecular weight excluding hydrogens is 233 g/mol. The van der Waals surface area contributed by atoms with Crippen LogP contribution in [-0.2, 0) is 15.7 Å². The molecule has 0 amide bonds. The molecule has 0 heterocycles. The number of halogens is 1. The summed E-state index contributed by atoms with van der Waals surface area (Å²) in [5.41, 5.74) is 1.16. The van der Waals surface area contributed by atoms with Crippen molar-refractivity contribution in [3.63, 3.8) is 0 Å². The topological polar surface area (TPSA) is 0 Å². The molecule has 53 valence electrons. The van der Waals surface area contributed by atoms with Gasteiger partial charge in [0.15, 0.2) is 0 Å². The van der Waals surface area contributed by atoms with Crippen LogP contribution in [0.1, 0.15) is 5.56 Å². The Balaban J connectivity index is 2.87. The Hall–Kier alpha value is -0.217. The predicted molar refractivity (Wildman–Crippen MR) is 41.8 cm³/mol. The Morgan fingerprint density at radius 3 is 2.60 bits per heavy atom. The standard InChI is InChI=1S/C8H6.ClH.Ru/c1-2-8-6-4-3-5-7-8;;/h2-7H;1H;/q;;+1/p-1. The van der Waals surface area contributed by atoms with Crippen LogP contribution in [0, 0.1) is 0 Å². The summed E-state index contributed by atoms with van der Waals surface area (Å²) in [6, 6.07) is 10.0. The van der Waals surface area contributed by atoms with Gasteiger partial charge in [0, 0.05) is 0 Å². The van der Waals surface area contributed by atoms with Crippen LogP contribution < -0.4 is 0 Å². The molecule has 0 N–H and O–H groups in total. The van der Waals surface area contributed by atoms with E-state index < -0.39 is 0 Å². The SMILES string of the molecule is [Cl][Ru]=[C]=Cc1ccccc1. The quantitative estimate of drug-likeness (QED) is 0.659. The van der Waals surface area contributed by atoms with Crippen molar-refractivity contribution in [1.29, 1.82) is 0 Å². The second-order valence-electron chi connectivity index (χ2n) is 1.72. The first-order valence-corrected chi connectivity index (χ1v) is 5.91. The van der Waals surface area contributed by atoms with Crippen molar-refractivity contribution in [3.8, 4) is 0 Å². The molecule has 2 heteroatoms. The zero-order chi connectivity index (χ0) is 7.23. The van der Waals surface area contributed by atoms with Crippen molar-refractivity contribution in [2.24, 2.45) is 0 Å². The molecule has 1 aromatic rings. The maximum atomic E-state index is 5.50. The van der Waals surface area contributed by atoms with Crippen LogP contribution in [0.2, 0.25) is 0 Å². The van der Waals surface area contributed by atoms with Crippen LogP contribution in [0.15, 0.2) is 30.3 Å².